The predicted molar refractivity (Wildman–Crippen MR) is 88.3 cm³/mol. The number of hydrogen-bond acceptors (Lipinski definition) is 3. The zero-order chi connectivity index (χ0) is 14.5. The summed E-state index contributed by atoms with van der Waals surface area (Å²) in [6, 6.07) is 13.5. The van der Waals surface area contributed by atoms with Gasteiger partial charge in [-0.25, -0.2) is 0 Å². The van der Waals surface area contributed by atoms with Gasteiger partial charge in [0.2, 0.25) is 0 Å². The Morgan fingerprint density at radius 1 is 1.19 bits per heavy atom. The van der Waals surface area contributed by atoms with E-state index in [4.69, 9.17) is 4.98 Å². The molecule has 1 unspecified atom stereocenters. The minimum Gasteiger partial charge on any atom is -0.320 e. The van der Waals surface area contributed by atoms with E-state index in [1.165, 1.54) is 43.3 Å². The Morgan fingerprint density at radius 2 is 2.10 bits per heavy atom. The van der Waals surface area contributed by atoms with Gasteiger partial charge in [0.1, 0.15) is 0 Å². The summed E-state index contributed by atoms with van der Waals surface area (Å²) in [6.45, 7) is 3.30. The second kappa shape index (κ2) is 7.01. The summed E-state index contributed by atoms with van der Waals surface area (Å²) in [6.07, 6.45) is 5.26. The lowest BCUT2D eigenvalue weighted by Crippen LogP contribution is -2.40. The molecule has 1 N–H and O–H groups in total. The zero-order valence-electron chi connectivity index (χ0n) is 12.9. The molecule has 21 heavy (non-hydrogen) atoms. The van der Waals surface area contributed by atoms with Gasteiger partial charge in [-0.1, -0.05) is 30.7 Å². The molecule has 0 spiro atoms. The molecule has 3 rings (SSSR count). The normalized spacial score (nSPS) is 20.0. The average Bonchev–Trinajstić information content (AvgIpc) is 2.54. The Kier molecular flexibility index (Phi) is 4.84. The first-order valence-electron chi connectivity index (χ1n) is 8.10. The summed E-state index contributed by atoms with van der Waals surface area (Å²) >= 11 is 0. The smallest absolute Gasteiger partial charge is 0.0705 e. The van der Waals surface area contributed by atoms with Crippen molar-refractivity contribution in [3.05, 3.63) is 42.1 Å². The zero-order valence-corrected chi connectivity index (χ0v) is 12.9. The molecular formula is C18H25N3. The van der Waals surface area contributed by atoms with Crippen LogP contribution in [0.5, 0.6) is 0 Å². The van der Waals surface area contributed by atoms with Crippen LogP contribution in [0.4, 0.5) is 0 Å². The molecule has 0 radical (unpaired) electrons. The molecule has 1 aromatic heterocycles. The van der Waals surface area contributed by atoms with Crippen LogP contribution in [-0.2, 0) is 6.54 Å². The van der Waals surface area contributed by atoms with E-state index in [9.17, 15) is 0 Å². The number of piperidine rings is 1. The van der Waals surface area contributed by atoms with E-state index in [0.717, 1.165) is 18.6 Å². The van der Waals surface area contributed by atoms with Gasteiger partial charge in [0.15, 0.2) is 0 Å². The van der Waals surface area contributed by atoms with Crippen LogP contribution in [0.2, 0.25) is 0 Å². The molecule has 1 fully saturated rings. The quantitative estimate of drug-likeness (QED) is 0.913. The molecule has 112 valence electrons. The molecule has 0 bridgehead atoms. The van der Waals surface area contributed by atoms with Crippen LogP contribution in [0.1, 0.15) is 31.4 Å². The van der Waals surface area contributed by atoms with Crippen LogP contribution < -0.4 is 5.32 Å². The van der Waals surface area contributed by atoms with Crippen molar-refractivity contribution in [2.75, 3.05) is 20.1 Å². The van der Waals surface area contributed by atoms with Crippen molar-refractivity contribution < 1.29 is 0 Å². The summed E-state index contributed by atoms with van der Waals surface area (Å²) in [5.74, 6) is 0. The number of aromatic nitrogens is 1. The number of pyridine rings is 1. The number of nitrogens with one attached hydrogen (secondary N) is 1. The Labute approximate surface area is 127 Å². The molecule has 2 aromatic rings. The second-order valence-electron chi connectivity index (χ2n) is 6.01. The van der Waals surface area contributed by atoms with Gasteiger partial charge in [-0.2, -0.15) is 0 Å². The molecule has 3 nitrogen and oxygen atoms in total. The van der Waals surface area contributed by atoms with Gasteiger partial charge >= 0.3 is 0 Å². The van der Waals surface area contributed by atoms with Crippen LogP contribution in [0.25, 0.3) is 10.9 Å². The van der Waals surface area contributed by atoms with Crippen molar-refractivity contribution in [3.63, 3.8) is 0 Å². The van der Waals surface area contributed by atoms with Gasteiger partial charge in [-0.3, -0.25) is 9.88 Å². The summed E-state index contributed by atoms with van der Waals surface area (Å²) in [5, 5.41) is 4.51. The van der Waals surface area contributed by atoms with Crippen LogP contribution in [-0.4, -0.2) is 36.1 Å². The molecule has 1 aliphatic rings. The molecule has 3 heteroatoms. The van der Waals surface area contributed by atoms with Crippen LogP contribution in [0.15, 0.2) is 36.4 Å². The van der Waals surface area contributed by atoms with Crippen LogP contribution in [0, 0.1) is 0 Å². The Hall–Kier alpha value is -1.45. The number of nitrogens with zero attached hydrogens (tertiary/aromatic N) is 2. The lowest BCUT2D eigenvalue weighted by molar-refractivity contribution is 0.131. The predicted octanol–water partition coefficient (Wildman–Crippen LogP) is 3.20. The molecule has 1 atom stereocenters. The van der Waals surface area contributed by atoms with E-state index >= 15 is 0 Å². The van der Waals surface area contributed by atoms with Crippen LogP contribution >= 0.6 is 0 Å². The lowest BCUT2D eigenvalue weighted by Gasteiger charge is -2.35. The fourth-order valence-corrected chi connectivity index (χ4v) is 3.31. The van der Waals surface area contributed by atoms with Gasteiger partial charge in [-0.15, -0.1) is 0 Å². The Bertz CT molecular complexity index is 581. The number of hydrogen-bond donors (Lipinski definition) is 1. The summed E-state index contributed by atoms with van der Waals surface area (Å²) in [5.41, 5.74) is 2.31. The fraction of sp³-hybridized carbons (Fsp3) is 0.500. The third-order valence-corrected chi connectivity index (χ3v) is 4.50. The summed E-state index contributed by atoms with van der Waals surface area (Å²) in [4.78, 5) is 7.45. The van der Waals surface area contributed by atoms with E-state index < -0.39 is 0 Å². The van der Waals surface area contributed by atoms with Crippen molar-refractivity contribution in [1.29, 1.82) is 0 Å². The van der Waals surface area contributed by atoms with E-state index in [1.54, 1.807) is 0 Å². The highest BCUT2D eigenvalue weighted by Crippen LogP contribution is 2.22. The fourth-order valence-electron chi connectivity index (χ4n) is 3.31. The maximum atomic E-state index is 4.83. The third kappa shape index (κ3) is 3.60. The van der Waals surface area contributed by atoms with Crippen molar-refractivity contribution in [2.45, 2.75) is 38.3 Å². The maximum Gasteiger partial charge on any atom is 0.0705 e. The molecular weight excluding hydrogens is 258 g/mol. The number of para-hydroxylation sites is 1. The Morgan fingerprint density at radius 3 is 3.00 bits per heavy atom. The Balaban J connectivity index is 1.72. The van der Waals surface area contributed by atoms with Gasteiger partial charge in [0.05, 0.1) is 11.2 Å². The van der Waals surface area contributed by atoms with Crippen molar-refractivity contribution in [1.82, 2.24) is 15.2 Å². The van der Waals surface area contributed by atoms with Gasteiger partial charge in [0.25, 0.3) is 0 Å². The standard InChI is InChI=1S/C18H25N3/c1-19-12-11-17-7-4-5-13-21(17)14-16-10-9-15-6-2-3-8-18(15)20-16/h2-3,6,8-10,17,19H,4-5,7,11-14H2,1H3. The number of rotatable bonds is 5. The van der Waals surface area contributed by atoms with Crippen LogP contribution in [0.3, 0.4) is 0 Å². The third-order valence-electron chi connectivity index (χ3n) is 4.50. The van der Waals surface area contributed by atoms with Gasteiger partial charge in [-0.05, 0) is 51.5 Å². The largest absolute Gasteiger partial charge is 0.320 e. The average molecular weight is 283 g/mol. The first-order valence-corrected chi connectivity index (χ1v) is 8.10. The van der Waals surface area contributed by atoms with E-state index in [-0.39, 0.29) is 0 Å². The number of benzene rings is 1. The van der Waals surface area contributed by atoms with Crippen molar-refractivity contribution >= 4 is 10.9 Å². The molecule has 1 aliphatic heterocycles. The summed E-state index contributed by atoms with van der Waals surface area (Å²) in [7, 11) is 2.04. The highest BCUT2D eigenvalue weighted by Gasteiger charge is 2.22. The highest BCUT2D eigenvalue weighted by atomic mass is 15.2. The number of likely N-dealkylation sites (tertiary alicyclic amines) is 1. The molecule has 0 aliphatic carbocycles. The molecule has 0 amide bonds. The molecule has 1 aromatic carbocycles. The topological polar surface area (TPSA) is 28.2 Å². The van der Waals surface area contributed by atoms with Crippen molar-refractivity contribution in [3.8, 4) is 0 Å². The van der Waals surface area contributed by atoms with Gasteiger partial charge < -0.3 is 5.32 Å². The second-order valence-corrected chi connectivity index (χ2v) is 6.01. The number of fused-ring (bicyclic) bond motifs is 1. The molecule has 0 saturated carbocycles. The molecule has 2 heterocycles. The first-order chi connectivity index (χ1) is 10.4. The van der Waals surface area contributed by atoms with E-state index in [2.05, 4.69) is 46.6 Å². The first kappa shape index (κ1) is 14.5. The van der Waals surface area contributed by atoms with Crippen molar-refractivity contribution in [2.24, 2.45) is 0 Å². The van der Waals surface area contributed by atoms with Gasteiger partial charge in [0, 0.05) is 18.0 Å². The monoisotopic (exact) mass is 283 g/mol. The van der Waals surface area contributed by atoms with E-state index in [0.29, 0.717) is 6.04 Å². The minimum atomic E-state index is 0.708. The minimum absolute atomic E-state index is 0.708. The molecule has 1 saturated heterocycles. The highest BCUT2D eigenvalue weighted by molar-refractivity contribution is 5.78. The summed E-state index contributed by atoms with van der Waals surface area (Å²) < 4.78 is 0. The van der Waals surface area contributed by atoms with E-state index in [1.807, 2.05) is 7.05 Å². The SMILES string of the molecule is CNCCC1CCCCN1Cc1ccc2ccccc2n1. The lowest BCUT2D eigenvalue weighted by atomic mass is 9.99. The maximum absolute atomic E-state index is 4.83.